The van der Waals surface area contributed by atoms with Crippen molar-refractivity contribution in [3.63, 3.8) is 0 Å². The second kappa shape index (κ2) is 11.2. The minimum absolute atomic E-state index is 0.0378. The predicted octanol–water partition coefficient (Wildman–Crippen LogP) is 5.54. The van der Waals surface area contributed by atoms with Gasteiger partial charge in [-0.3, -0.25) is 9.59 Å². The van der Waals surface area contributed by atoms with Gasteiger partial charge in [0.05, 0.1) is 10.0 Å². The van der Waals surface area contributed by atoms with Crippen molar-refractivity contribution >= 4 is 47.2 Å². The van der Waals surface area contributed by atoms with Gasteiger partial charge < -0.3 is 10.6 Å². The van der Waals surface area contributed by atoms with Gasteiger partial charge in [-0.15, -0.1) is 0 Å². The first-order valence-corrected chi connectivity index (χ1v) is 10.9. The average Bonchev–Trinajstić information content (AvgIpc) is 2.74. The van der Waals surface area contributed by atoms with Crippen molar-refractivity contribution in [3.05, 3.63) is 81.4 Å². The van der Waals surface area contributed by atoms with Crippen molar-refractivity contribution in [2.45, 2.75) is 37.8 Å². The molecule has 1 saturated carbocycles. The minimum atomic E-state index is -0.496. The van der Waals surface area contributed by atoms with E-state index in [0.717, 1.165) is 0 Å². The van der Waals surface area contributed by atoms with Crippen LogP contribution in [-0.4, -0.2) is 23.9 Å². The average molecular weight is 479 g/mol. The van der Waals surface area contributed by atoms with E-state index in [9.17, 15) is 18.4 Å². The lowest BCUT2D eigenvalue weighted by atomic mass is 9.91. The summed E-state index contributed by atoms with van der Waals surface area (Å²) >= 11 is 11.9. The molecule has 0 aromatic heterocycles. The van der Waals surface area contributed by atoms with E-state index in [4.69, 9.17) is 23.2 Å². The van der Waals surface area contributed by atoms with Crippen LogP contribution in [0.3, 0.4) is 0 Å². The van der Waals surface area contributed by atoms with Crippen molar-refractivity contribution in [1.29, 1.82) is 0 Å². The van der Waals surface area contributed by atoms with Crippen molar-refractivity contribution in [2.75, 3.05) is 0 Å². The van der Waals surface area contributed by atoms with E-state index in [2.05, 4.69) is 10.6 Å². The molecule has 1 aliphatic carbocycles. The SMILES string of the molecule is O=C(C=Cc1c(F)cccc1Cl)NC1CCC(NC(=O)C=Cc2c(F)cccc2Cl)CC1. The second-order valence-electron chi connectivity index (χ2n) is 7.50. The number of hydrogen-bond donors (Lipinski definition) is 2. The van der Waals surface area contributed by atoms with Gasteiger partial charge in [-0.25, -0.2) is 8.78 Å². The predicted molar refractivity (Wildman–Crippen MR) is 123 cm³/mol. The van der Waals surface area contributed by atoms with E-state index >= 15 is 0 Å². The number of carbonyl (C=O) groups excluding carboxylic acids is 2. The molecule has 2 amide bonds. The van der Waals surface area contributed by atoms with Crippen LogP contribution in [0.2, 0.25) is 10.0 Å². The summed E-state index contributed by atoms with van der Waals surface area (Å²) in [6, 6.07) is 8.58. The lowest BCUT2D eigenvalue weighted by molar-refractivity contribution is -0.118. The largest absolute Gasteiger partial charge is 0.350 e. The lowest BCUT2D eigenvalue weighted by Crippen LogP contribution is -2.43. The van der Waals surface area contributed by atoms with Gasteiger partial charge in [0, 0.05) is 35.4 Å². The number of hydrogen-bond acceptors (Lipinski definition) is 2. The van der Waals surface area contributed by atoms with Crippen LogP contribution in [0.25, 0.3) is 12.2 Å². The molecule has 8 heteroatoms. The Hall–Kier alpha value is -2.70. The summed E-state index contributed by atoms with van der Waals surface area (Å²) in [6.45, 7) is 0. The molecule has 32 heavy (non-hydrogen) atoms. The molecule has 0 unspecified atom stereocenters. The third kappa shape index (κ3) is 6.65. The van der Waals surface area contributed by atoms with Crippen LogP contribution < -0.4 is 10.6 Å². The molecular formula is C24H22Cl2F2N2O2. The fourth-order valence-electron chi connectivity index (χ4n) is 3.54. The molecule has 0 radical (unpaired) electrons. The molecule has 0 spiro atoms. The van der Waals surface area contributed by atoms with Crippen LogP contribution in [0, 0.1) is 11.6 Å². The highest BCUT2D eigenvalue weighted by molar-refractivity contribution is 6.32. The molecule has 2 aromatic rings. The van der Waals surface area contributed by atoms with Gasteiger partial charge in [0.15, 0.2) is 0 Å². The summed E-state index contributed by atoms with van der Waals surface area (Å²) < 4.78 is 27.5. The highest BCUT2D eigenvalue weighted by Gasteiger charge is 2.22. The zero-order valence-corrected chi connectivity index (χ0v) is 18.6. The zero-order chi connectivity index (χ0) is 23.1. The third-order valence-corrected chi connectivity index (χ3v) is 5.88. The number of amides is 2. The topological polar surface area (TPSA) is 58.2 Å². The quantitative estimate of drug-likeness (QED) is 0.535. The first-order chi connectivity index (χ1) is 15.3. The van der Waals surface area contributed by atoms with Crippen LogP contribution in [-0.2, 0) is 9.59 Å². The van der Waals surface area contributed by atoms with E-state index in [0.29, 0.717) is 25.7 Å². The van der Waals surface area contributed by atoms with Crippen LogP contribution in [0.5, 0.6) is 0 Å². The molecule has 2 N–H and O–H groups in total. The molecule has 168 valence electrons. The van der Waals surface area contributed by atoms with E-state index in [1.807, 2.05) is 0 Å². The summed E-state index contributed by atoms with van der Waals surface area (Å²) in [5.74, 6) is -1.66. The molecule has 3 rings (SSSR count). The van der Waals surface area contributed by atoms with Crippen LogP contribution in [0.1, 0.15) is 36.8 Å². The number of halogens is 4. The Labute approximate surface area is 195 Å². The highest BCUT2D eigenvalue weighted by atomic mass is 35.5. The maximum Gasteiger partial charge on any atom is 0.244 e. The van der Waals surface area contributed by atoms with Crippen LogP contribution >= 0.6 is 23.2 Å². The Kier molecular flexibility index (Phi) is 8.42. The minimum Gasteiger partial charge on any atom is -0.350 e. The van der Waals surface area contributed by atoms with Gasteiger partial charge >= 0.3 is 0 Å². The second-order valence-corrected chi connectivity index (χ2v) is 8.32. The molecule has 0 heterocycles. The Balaban J connectivity index is 1.45. The van der Waals surface area contributed by atoms with Gasteiger partial charge in [-0.1, -0.05) is 35.3 Å². The molecule has 0 atom stereocenters. The van der Waals surface area contributed by atoms with Crippen molar-refractivity contribution in [2.24, 2.45) is 0 Å². The van der Waals surface area contributed by atoms with E-state index in [-0.39, 0.29) is 45.1 Å². The summed E-state index contributed by atoms with van der Waals surface area (Å²) in [7, 11) is 0. The van der Waals surface area contributed by atoms with Crippen LogP contribution in [0.15, 0.2) is 48.6 Å². The standard InChI is InChI=1S/C24H22Cl2F2N2O2/c25-19-3-1-5-21(27)17(19)11-13-23(31)29-15-7-9-16(10-8-15)30-24(32)14-12-18-20(26)4-2-6-22(18)28/h1-6,11-16H,7-10H2,(H,29,31)(H,30,32). The highest BCUT2D eigenvalue weighted by Crippen LogP contribution is 2.22. The smallest absolute Gasteiger partial charge is 0.244 e. The summed E-state index contributed by atoms with van der Waals surface area (Å²) in [5, 5.41) is 6.24. The van der Waals surface area contributed by atoms with Gasteiger partial charge in [-0.2, -0.15) is 0 Å². The Morgan fingerprint density at radius 2 is 1.12 bits per heavy atom. The molecule has 0 aliphatic heterocycles. The normalized spacial score (nSPS) is 18.8. The lowest BCUT2D eigenvalue weighted by Gasteiger charge is -2.29. The maximum absolute atomic E-state index is 13.8. The van der Waals surface area contributed by atoms with Crippen molar-refractivity contribution in [1.82, 2.24) is 10.6 Å². The molecular weight excluding hydrogens is 457 g/mol. The molecule has 1 fully saturated rings. The zero-order valence-electron chi connectivity index (χ0n) is 17.1. The van der Waals surface area contributed by atoms with E-state index < -0.39 is 11.6 Å². The number of nitrogens with one attached hydrogen (secondary N) is 2. The molecule has 1 aliphatic rings. The maximum atomic E-state index is 13.8. The Bertz CT molecular complexity index is 924. The van der Waals surface area contributed by atoms with Gasteiger partial charge in [-0.05, 0) is 62.1 Å². The van der Waals surface area contributed by atoms with Gasteiger partial charge in [0.2, 0.25) is 11.8 Å². The number of carbonyl (C=O) groups is 2. The summed E-state index contributed by atoms with van der Waals surface area (Å²) in [6.07, 6.45) is 7.98. The summed E-state index contributed by atoms with van der Waals surface area (Å²) in [4.78, 5) is 24.3. The first-order valence-electron chi connectivity index (χ1n) is 10.2. The monoisotopic (exact) mass is 478 g/mol. The van der Waals surface area contributed by atoms with Gasteiger partial charge in [0.25, 0.3) is 0 Å². The molecule has 2 aromatic carbocycles. The first kappa shape index (κ1) is 24.0. The molecule has 0 saturated heterocycles. The van der Waals surface area contributed by atoms with Crippen molar-refractivity contribution < 1.29 is 18.4 Å². The number of rotatable bonds is 6. The van der Waals surface area contributed by atoms with E-state index in [1.54, 1.807) is 12.1 Å². The molecule has 4 nitrogen and oxygen atoms in total. The van der Waals surface area contributed by atoms with Crippen LogP contribution in [0.4, 0.5) is 8.78 Å². The van der Waals surface area contributed by atoms with Crippen molar-refractivity contribution in [3.8, 4) is 0 Å². The number of benzene rings is 2. The fourth-order valence-corrected chi connectivity index (χ4v) is 3.99. The Morgan fingerprint density at radius 1 is 0.750 bits per heavy atom. The molecule has 0 bridgehead atoms. The Morgan fingerprint density at radius 3 is 1.47 bits per heavy atom. The van der Waals surface area contributed by atoms with Gasteiger partial charge in [0.1, 0.15) is 11.6 Å². The summed E-state index contributed by atoms with van der Waals surface area (Å²) in [5.41, 5.74) is 0.334. The van der Waals surface area contributed by atoms with E-state index in [1.165, 1.54) is 48.6 Å². The fraction of sp³-hybridized carbons (Fsp3) is 0.250. The third-order valence-electron chi connectivity index (χ3n) is 5.22.